The molecule has 2 unspecified atom stereocenters. The van der Waals surface area contributed by atoms with Crippen molar-refractivity contribution < 1.29 is 19.7 Å². The second-order valence-electron chi connectivity index (χ2n) is 3.51. The van der Waals surface area contributed by atoms with Crippen molar-refractivity contribution in [3.05, 3.63) is 0 Å². The Bertz CT molecular complexity index is 170. The fourth-order valence-electron chi connectivity index (χ4n) is 0.935. The third-order valence-corrected chi connectivity index (χ3v) is 2.23. The van der Waals surface area contributed by atoms with Crippen LogP contribution in [-0.4, -0.2) is 47.5 Å². The lowest BCUT2D eigenvalue weighted by Crippen LogP contribution is -2.42. The minimum absolute atomic E-state index is 0.142. The first-order valence-electron chi connectivity index (χ1n) is 4.38. The Balaban J connectivity index is 2.40. The molecule has 1 heterocycles. The molecule has 1 saturated heterocycles. The lowest BCUT2D eigenvalue weighted by atomic mass is 10.2. The largest absolute Gasteiger partial charge is 0.393 e. The van der Waals surface area contributed by atoms with Gasteiger partial charge in [0.1, 0.15) is 12.7 Å². The van der Waals surface area contributed by atoms with Gasteiger partial charge in [-0.3, -0.25) is 0 Å². The minimum Gasteiger partial charge on any atom is -0.393 e. The van der Waals surface area contributed by atoms with Gasteiger partial charge in [-0.05, 0) is 13.8 Å². The van der Waals surface area contributed by atoms with Crippen molar-refractivity contribution in [3.8, 4) is 0 Å². The van der Waals surface area contributed by atoms with E-state index in [1.54, 1.807) is 13.8 Å². The van der Waals surface area contributed by atoms with E-state index < -0.39 is 11.9 Å². The molecule has 0 radical (unpaired) electrons. The van der Waals surface area contributed by atoms with Gasteiger partial charge in [0, 0.05) is 6.04 Å². The van der Waals surface area contributed by atoms with Gasteiger partial charge in [-0.2, -0.15) is 0 Å². The van der Waals surface area contributed by atoms with Crippen molar-refractivity contribution >= 4 is 0 Å². The van der Waals surface area contributed by atoms with E-state index >= 15 is 0 Å². The number of aliphatic hydroxyl groups excluding tert-OH is 1. The molecule has 5 heteroatoms. The van der Waals surface area contributed by atoms with Crippen LogP contribution in [0.15, 0.2) is 0 Å². The molecule has 0 saturated carbocycles. The summed E-state index contributed by atoms with van der Waals surface area (Å²) in [7, 11) is 0. The first kappa shape index (κ1) is 10.9. The van der Waals surface area contributed by atoms with E-state index in [1.807, 2.05) is 0 Å². The van der Waals surface area contributed by atoms with Crippen LogP contribution in [0.1, 0.15) is 13.8 Å². The quantitative estimate of drug-likeness (QED) is 0.476. The van der Waals surface area contributed by atoms with Gasteiger partial charge < -0.3 is 25.4 Å². The van der Waals surface area contributed by atoms with E-state index in [0.717, 1.165) is 0 Å². The smallest absolute Gasteiger partial charge is 0.219 e. The molecule has 0 aromatic rings. The molecule has 5 nitrogen and oxygen atoms in total. The maximum absolute atomic E-state index is 9.47. The zero-order valence-electron chi connectivity index (χ0n) is 7.93. The van der Waals surface area contributed by atoms with Crippen LogP contribution in [0.3, 0.4) is 0 Å². The molecule has 1 aliphatic rings. The number of rotatable bonds is 5. The molecular weight excluding hydrogens is 174 g/mol. The topological polar surface area (TPSA) is 88.2 Å². The van der Waals surface area contributed by atoms with E-state index in [9.17, 15) is 5.11 Å². The molecule has 4 N–H and O–H groups in total. The van der Waals surface area contributed by atoms with E-state index in [2.05, 4.69) is 0 Å². The monoisotopic (exact) mass is 191 g/mol. The zero-order valence-corrected chi connectivity index (χ0v) is 7.93. The van der Waals surface area contributed by atoms with Crippen molar-refractivity contribution in [1.29, 1.82) is 0 Å². The Labute approximate surface area is 77.4 Å². The van der Waals surface area contributed by atoms with Gasteiger partial charge in [0.05, 0.1) is 12.7 Å². The summed E-state index contributed by atoms with van der Waals surface area (Å²) in [5.41, 5.74) is 5.57. The first-order chi connectivity index (χ1) is 5.99. The third-order valence-electron chi connectivity index (χ3n) is 2.23. The second kappa shape index (κ2) is 3.89. The normalized spacial score (nSPS) is 33.9. The molecule has 1 rings (SSSR count). The Morgan fingerprint density at radius 2 is 2.15 bits per heavy atom. The second-order valence-corrected chi connectivity index (χ2v) is 3.51. The van der Waals surface area contributed by atoms with E-state index in [1.165, 1.54) is 0 Å². The molecule has 1 fully saturated rings. The summed E-state index contributed by atoms with van der Waals surface area (Å²) in [5.74, 6) is -1.29. The number of aliphatic hydroxyl groups is 2. The number of ether oxygens (including phenoxy) is 2. The van der Waals surface area contributed by atoms with Crippen molar-refractivity contribution in [2.24, 2.45) is 5.73 Å². The molecule has 0 aromatic heterocycles. The molecule has 13 heavy (non-hydrogen) atoms. The van der Waals surface area contributed by atoms with Gasteiger partial charge in [-0.15, -0.1) is 0 Å². The number of hydrogen-bond donors (Lipinski definition) is 3. The fraction of sp³-hybridized carbons (Fsp3) is 1.00. The van der Waals surface area contributed by atoms with Gasteiger partial charge in [-0.25, -0.2) is 0 Å². The van der Waals surface area contributed by atoms with E-state index in [4.69, 9.17) is 20.3 Å². The molecule has 0 aromatic carbocycles. The third kappa shape index (κ3) is 2.62. The standard InChI is InChI=1S/C8H17NO4/c1-5(9)6(2)13-7(3-10)8(11)4-12-8/h5-7,10-11H,3-4,9H2,1-2H3/t5?,6-,7?,8+/m1/s1. The average molecular weight is 191 g/mol. The van der Waals surface area contributed by atoms with Crippen molar-refractivity contribution in [3.63, 3.8) is 0 Å². The number of hydrogen-bond acceptors (Lipinski definition) is 5. The first-order valence-corrected chi connectivity index (χ1v) is 4.38. The molecule has 0 amide bonds. The Hall–Kier alpha value is -0.200. The SMILES string of the molecule is CC(N)[C@@H](C)OC(CO)[C@]1(O)CO1. The zero-order chi connectivity index (χ0) is 10.1. The highest BCUT2D eigenvalue weighted by molar-refractivity contribution is 4.89. The molecule has 0 bridgehead atoms. The van der Waals surface area contributed by atoms with Crippen LogP contribution in [0.2, 0.25) is 0 Å². The molecular formula is C8H17NO4. The predicted octanol–water partition coefficient (Wildman–Crippen LogP) is -1.18. The molecule has 1 aliphatic heterocycles. The summed E-state index contributed by atoms with van der Waals surface area (Å²) in [6, 6.07) is -0.142. The molecule has 4 atom stereocenters. The van der Waals surface area contributed by atoms with Gasteiger partial charge in [0.15, 0.2) is 0 Å². The highest BCUT2D eigenvalue weighted by Crippen LogP contribution is 2.30. The summed E-state index contributed by atoms with van der Waals surface area (Å²) < 4.78 is 10.1. The molecule has 78 valence electrons. The van der Waals surface area contributed by atoms with Crippen molar-refractivity contribution in [2.45, 2.75) is 37.9 Å². The molecule has 0 spiro atoms. The lowest BCUT2D eigenvalue weighted by Gasteiger charge is -2.24. The van der Waals surface area contributed by atoms with Crippen LogP contribution in [-0.2, 0) is 9.47 Å². The van der Waals surface area contributed by atoms with Crippen LogP contribution >= 0.6 is 0 Å². The summed E-state index contributed by atoms with van der Waals surface area (Å²) >= 11 is 0. The summed E-state index contributed by atoms with van der Waals surface area (Å²) in [5, 5.41) is 18.4. The van der Waals surface area contributed by atoms with Crippen LogP contribution in [0.25, 0.3) is 0 Å². The Kier molecular flexibility index (Phi) is 3.26. The lowest BCUT2D eigenvalue weighted by molar-refractivity contribution is -0.145. The van der Waals surface area contributed by atoms with Gasteiger partial charge >= 0.3 is 0 Å². The molecule has 0 aliphatic carbocycles. The maximum atomic E-state index is 9.47. The Morgan fingerprint density at radius 1 is 1.62 bits per heavy atom. The van der Waals surface area contributed by atoms with Crippen LogP contribution in [0.5, 0.6) is 0 Å². The Morgan fingerprint density at radius 3 is 2.46 bits per heavy atom. The van der Waals surface area contributed by atoms with Crippen LogP contribution in [0.4, 0.5) is 0 Å². The van der Waals surface area contributed by atoms with Crippen molar-refractivity contribution in [2.75, 3.05) is 13.2 Å². The highest BCUT2D eigenvalue weighted by atomic mass is 16.7. The van der Waals surface area contributed by atoms with Crippen molar-refractivity contribution in [1.82, 2.24) is 0 Å². The van der Waals surface area contributed by atoms with Crippen LogP contribution in [0, 0.1) is 0 Å². The summed E-state index contributed by atoms with van der Waals surface area (Å²) in [4.78, 5) is 0. The van der Waals surface area contributed by atoms with E-state index in [0.29, 0.717) is 0 Å². The van der Waals surface area contributed by atoms with Gasteiger partial charge in [0.2, 0.25) is 5.79 Å². The summed E-state index contributed by atoms with van der Waals surface area (Å²) in [6.45, 7) is 3.54. The fourth-order valence-corrected chi connectivity index (χ4v) is 0.935. The van der Waals surface area contributed by atoms with Gasteiger partial charge in [0.25, 0.3) is 0 Å². The van der Waals surface area contributed by atoms with Gasteiger partial charge in [-0.1, -0.05) is 0 Å². The van der Waals surface area contributed by atoms with E-state index in [-0.39, 0.29) is 25.4 Å². The number of epoxide rings is 1. The number of nitrogens with two attached hydrogens (primary N) is 1. The minimum atomic E-state index is -1.29. The average Bonchev–Trinajstić information content (AvgIpc) is 2.79. The maximum Gasteiger partial charge on any atom is 0.219 e. The van der Waals surface area contributed by atoms with Crippen LogP contribution < -0.4 is 5.73 Å². The predicted molar refractivity (Wildman–Crippen MR) is 46.0 cm³/mol. The summed E-state index contributed by atoms with van der Waals surface area (Å²) in [6.07, 6.45) is -0.918. The highest BCUT2D eigenvalue weighted by Gasteiger charge is 2.51.